The molecule has 6 rings (SSSR count). The molecule has 0 aromatic rings. The fourth-order valence-electron chi connectivity index (χ4n) is 12.1. The van der Waals surface area contributed by atoms with Crippen molar-refractivity contribution in [2.75, 3.05) is 6.61 Å². The van der Waals surface area contributed by atoms with Crippen molar-refractivity contribution in [2.24, 2.45) is 56.7 Å². The van der Waals surface area contributed by atoms with E-state index in [1.165, 1.54) is 0 Å². The lowest BCUT2D eigenvalue weighted by molar-refractivity contribution is -0.296. The first-order chi connectivity index (χ1) is 19.6. The quantitative estimate of drug-likeness (QED) is 0.297. The summed E-state index contributed by atoms with van der Waals surface area (Å²) in [5, 5.41) is 8.94. The van der Waals surface area contributed by atoms with E-state index < -0.39 is 45.4 Å². The van der Waals surface area contributed by atoms with Gasteiger partial charge in [-0.15, -0.1) is 0 Å². The molecule has 8 heteroatoms. The van der Waals surface area contributed by atoms with Crippen LogP contribution in [0.5, 0.6) is 0 Å². The Hall–Kier alpha value is -2.25. The van der Waals surface area contributed by atoms with E-state index in [9.17, 15) is 19.2 Å². The average Bonchev–Trinajstić information content (AvgIpc) is 3.30. The van der Waals surface area contributed by atoms with Crippen molar-refractivity contribution < 1.29 is 38.1 Å². The number of carboxylic acids is 1. The molecule has 7 nitrogen and oxygen atoms in total. The molecule has 5 fully saturated rings. The zero-order valence-electron chi connectivity index (χ0n) is 26.0. The summed E-state index contributed by atoms with van der Waals surface area (Å²) in [6.07, 6.45) is 5.96. The standard InChI is InChI=1S/C34H47FO7/c1-19-9-12-33-14-13-31(5)30(4)11-10-22-29(3,18-41-26(39)8-7-25(37)38)16-21(17-36)32(22,6)23(30)15-24(35)34(31,42-28(33)40)27(33)20(19)2/h16-17,19-20,22-24,27H,7-15,18H2,1-6H3,(H,37,38)/t19-,20+,22+,23+,24-,27-,29+,30-,31+,32+,33+,34+/m1/s1. The second-order valence-electron chi connectivity index (χ2n) is 15.8. The second kappa shape index (κ2) is 9.13. The number of esters is 2. The molecule has 0 aromatic carbocycles. The van der Waals surface area contributed by atoms with Gasteiger partial charge in [-0.3, -0.25) is 19.2 Å². The molecule has 1 aliphatic heterocycles. The number of carbonyl (C=O) groups excluding carboxylic acids is 3. The summed E-state index contributed by atoms with van der Waals surface area (Å²) in [4.78, 5) is 49.8. The molecule has 232 valence electrons. The Morgan fingerprint density at radius 1 is 1.07 bits per heavy atom. The maximum Gasteiger partial charge on any atom is 0.313 e. The molecule has 0 aromatic heterocycles. The maximum absolute atomic E-state index is 17.4. The topological polar surface area (TPSA) is 107 Å². The van der Waals surface area contributed by atoms with Crippen LogP contribution in [0, 0.1) is 56.7 Å². The van der Waals surface area contributed by atoms with Gasteiger partial charge in [-0.2, -0.15) is 0 Å². The number of carboxylic acid groups (broad SMARTS) is 1. The first-order valence-electron chi connectivity index (χ1n) is 16.0. The van der Waals surface area contributed by atoms with Crippen LogP contribution < -0.4 is 0 Å². The highest BCUT2D eigenvalue weighted by Crippen LogP contribution is 2.81. The number of rotatable bonds is 6. The Morgan fingerprint density at radius 3 is 2.45 bits per heavy atom. The number of carbonyl (C=O) groups is 4. The van der Waals surface area contributed by atoms with Gasteiger partial charge in [-0.25, -0.2) is 4.39 Å². The average molecular weight is 587 g/mol. The minimum Gasteiger partial charge on any atom is -0.481 e. The van der Waals surface area contributed by atoms with Gasteiger partial charge in [-0.1, -0.05) is 47.6 Å². The third-order valence-corrected chi connectivity index (χ3v) is 14.6. The van der Waals surface area contributed by atoms with E-state index in [2.05, 4.69) is 34.6 Å². The molecule has 42 heavy (non-hydrogen) atoms. The van der Waals surface area contributed by atoms with Crippen LogP contribution >= 0.6 is 0 Å². The Kier molecular flexibility index (Phi) is 6.48. The van der Waals surface area contributed by atoms with Gasteiger partial charge in [0.25, 0.3) is 0 Å². The SMILES string of the molecule is C[C@H]1[C@H](C)CC[C@@]23CC[C@]4(C)[C@](OC2=O)([C@H](F)C[C@@H]2[C@@]5(C)C(C=O)=C[C@@](C)(COC(=O)CCC(=O)O)[C@@H]5CC[C@]24C)[C@H]13. The van der Waals surface area contributed by atoms with E-state index in [4.69, 9.17) is 14.6 Å². The van der Waals surface area contributed by atoms with Crippen molar-refractivity contribution in [3.63, 3.8) is 0 Å². The van der Waals surface area contributed by atoms with Crippen LogP contribution in [0.4, 0.5) is 4.39 Å². The molecule has 5 aliphatic carbocycles. The molecule has 1 heterocycles. The minimum absolute atomic E-state index is 0.0460. The largest absolute Gasteiger partial charge is 0.481 e. The zero-order valence-corrected chi connectivity index (χ0v) is 26.0. The van der Waals surface area contributed by atoms with Crippen molar-refractivity contribution in [3.05, 3.63) is 11.6 Å². The summed E-state index contributed by atoms with van der Waals surface area (Å²) in [7, 11) is 0. The molecule has 0 unspecified atom stereocenters. The lowest BCUT2D eigenvalue weighted by Gasteiger charge is -2.72. The lowest BCUT2D eigenvalue weighted by atomic mass is 9.31. The molecule has 1 spiro atoms. The molecular formula is C34H47FO7. The second-order valence-corrected chi connectivity index (χ2v) is 15.8. The number of hydrogen-bond donors (Lipinski definition) is 1. The number of hydrogen-bond acceptors (Lipinski definition) is 6. The van der Waals surface area contributed by atoms with Gasteiger partial charge in [-0.05, 0) is 79.6 Å². The summed E-state index contributed by atoms with van der Waals surface area (Å²) in [5.41, 5.74) is -3.40. The molecule has 2 bridgehead atoms. The zero-order chi connectivity index (χ0) is 30.7. The van der Waals surface area contributed by atoms with Gasteiger partial charge in [0, 0.05) is 22.2 Å². The minimum atomic E-state index is -1.34. The monoisotopic (exact) mass is 586 g/mol. The number of aldehydes is 1. The van der Waals surface area contributed by atoms with Crippen LogP contribution in [0.2, 0.25) is 0 Å². The molecular weight excluding hydrogens is 539 g/mol. The van der Waals surface area contributed by atoms with Gasteiger partial charge in [0.15, 0.2) is 5.60 Å². The molecule has 0 radical (unpaired) electrons. The summed E-state index contributed by atoms with van der Waals surface area (Å²) in [5.74, 6) is -1.64. The Balaban J connectivity index is 1.38. The smallest absolute Gasteiger partial charge is 0.313 e. The van der Waals surface area contributed by atoms with Crippen LogP contribution in [0.15, 0.2) is 11.6 Å². The number of ether oxygens (including phenoxy) is 2. The normalized spacial score (nSPS) is 52.2. The Morgan fingerprint density at radius 2 is 1.79 bits per heavy atom. The third-order valence-electron chi connectivity index (χ3n) is 14.6. The number of aliphatic carboxylic acids is 1. The predicted octanol–water partition coefficient (Wildman–Crippen LogP) is 6.08. The first-order valence-corrected chi connectivity index (χ1v) is 16.0. The Labute approximate surface area is 248 Å². The fraction of sp³-hybridized carbons (Fsp3) is 0.824. The molecule has 12 atom stereocenters. The van der Waals surface area contributed by atoms with E-state index in [0.29, 0.717) is 11.5 Å². The van der Waals surface area contributed by atoms with E-state index in [1.807, 2.05) is 13.0 Å². The number of allylic oxidation sites excluding steroid dienone is 1. The van der Waals surface area contributed by atoms with Crippen molar-refractivity contribution in [2.45, 2.75) is 111 Å². The van der Waals surface area contributed by atoms with Crippen molar-refractivity contribution in [1.82, 2.24) is 0 Å². The van der Waals surface area contributed by atoms with E-state index in [-0.39, 0.29) is 60.9 Å². The highest BCUT2D eigenvalue weighted by Gasteiger charge is 2.84. The number of alkyl halides is 1. The van der Waals surface area contributed by atoms with E-state index >= 15 is 4.39 Å². The lowest BCUT2D eigenvalue weighted by Crippen LogP contribution is -2.75. The summed E-state index contributed by atoms with van der Waals surface area (Å²) >= 11 is 0. The summed E-state index contributed by atoms with van der Waals surface area (Å²) < 4.78 is 29.5. The number of fused-ring (bicyclic) bond motifs is 4. The van der Waals surface area contributed by atoms with Crippen molar-refractivity contribution in [3.8, 4) is 0 Å². The maximum atomic E-state index is 17.4. The van der Waals surface area contributed by atoms with Gasteiger partial charge >= 0.3 is 17.9 Å². The van der Waals surface area contributed by atoms with Crippen molar-refractivity contribution in [1.29, 1.82) is 0 Å². The van der Waals surface area contributed by atoms with Crippen LogP contribution in [-0.4, -0.2) is 47.7 Å². The van der Waals surface area contributed by atoms with Gasteiger partial charge in [0.1, 0.15) is 19.1 Å². The van der Waals surface area contributed by atoms with E-state index in [0.717, 1.165) is 44.8 Å². The third kappa shape index (κ3) is 3.33. The van der Waals surface area contributed by atoms with Gasteiger partial charge in [0.2, 0.25) is 0 Å². The fourth-order valence-corrected chi connectivity index (χ4v) is 12.1. The molecule has 1 saturated heterocycles. The molecule has 6 aliphatic rings. The highest BCUT2D eigenvalue weighted by molar-refractivity contribution is 5.82. The summed E-state index contributed by atoms with van der Waals surface area (Å²) in [6, 6.07) is 0. The van der Waals surface area contributed by atoms with Crippen LogP contribution in [0.25, 0.3) is 0 Å². The first kappa shape index (κ1) is 29.8. The Bertz CT molecular complexity index is 1260. The highest BCUT2D eigenvalue weighted by atomic mass is 19.1. The van der Waals surface area contributed by atoms with Gasteiger partial charge in [0.05, 0.1) is 18.3 Å². The van der Waals surface area contributed by atoms with E-state index in [1.54, 1.807) is 0 Å². The van der Waals surface area contributed by atoms with Crippen molar-refractivity contribution >= 4 is 24.2 Å². The summed E-state index contributed by atoms with van der Waals surface area (Å²) in [6.45, 7) is 13.0. The van der Waals surface area contributed by atoms with Crippen LogP contribution in [-0.2, 0) is 28.7 Å². The molecule has 0 amide bonds. The van der Waals surface area contributed by atoms with Crippen LogP contribution in [0.1, 0.15) is 99.3 Å². The predicted molar refractivity (Wildman–Crippen MR) is 152 cm³/mol. The van der Waals surface area contributed by atoms with Gasteiger partial charge < -0.3 is 14.6 Å². The molecule has 1 N–H and O–H groups in total. The molecule has 4 saturated carbocycles. The van der Waals surface area contributed by atoms with Crippen LogP contribution in [0.3, 0.4) is 0 Å². The number of halogens is 1.